The summed E-state index contributed by atoms with van der Waals surface area (Å²) in [7, 11) is -3.74. The van der Waals surface area contributed by atoms with Crippen molar-refractivity contribution >= 4 is 33.0 Å². The first-order chi connectivity index (χ1) is 13.5. The van der Waals surface area contributed by atoms with Gasteiger partial charge in [-0.3, -0.25) is 9.52 Å². The predicted octanol–water partition coefficient (Wildman–Crippen LogP) is 2.45. The Labute approximate surface area is 165 Å². The predicted molar refractivity (Wildman–Crippen MR) is 108 cm³/mol. The molecule has 0 aliphatic carbocycles. The minimum Gasteiger partial charge on any atom is -0.378 e. The monoisotopic (exact) mass is 401 g/mol. The lowest BCUT2D eigenvalue weighted by atomic mass is 10.2. The summed E-state index contributed by atoms with van der Waals surface area (Å²) in [6.07, 6.45) is 1.37. The SMILES string of the molecule is O=C1CCCN1c1ccc(S(=O)(=O)Nc2ccccc2N2CCOCC2)cc1. The molecule has 1 amide bonds. The molecule has 0 bridgehead atoms. The number of benzene rings is 2. The molecule has 2 fully saturated rings. The highest BCUT2D eigenvalue weighted by Crippen LogP contribution is 2.29. The van der Waals surface area contributed by atoms with Crippen molar-refractivity contribution in [2.45, 2.75) is 17.7 Å². The fourth-order valence-corrected chi connectivity index (χ4v) is 4.64. The topological polar surface area (TPSA) is 79.0 Å². The van der Waals surface area contributed by atoms with Gasteiger partial charge in [-0.15, -0.1) is 0 Å². The van der Waals surface area contributed by atoms with Gasteiger partial charge in [0.2, 0.25) is 5.91 Å². The largest absolute Gasteiger partial charge is 0.378 e. The van der Waals surface area contributed by atoms with Gasteiger partial charge in [0, 0.05) is 31.7 Å². The number of hydrogen-bond acceptors (Lipinski definition) is 5. The lowest BCUT2D eigenvalue weighted by Gasteiger charge is -2.30. The second-order valence-corrected chi connectivity index (χ2v) is 8.55. The Bertz CT molecular complexity index is 954. The Hall–Kier alpha value is -2.58. The molecule has 0 spiro atoms. The highest BCUT2D eigenvalue weighted by molar-refractivity contribution is 7.92. The number of hydrogen-bond donors (Lipinski definition) is 1. The first-order valence-electron chi connectivity index (χ1n) is 9.39. The molecule has 0 saturated carbocycles. The van der Waals surface area contributed by atoms with Crippen LogP contribution in [0.5, 0.6) is 0 Å². The molecule has 2 aliphatic rings. The van der Waals surface area contributed by atoms with Crippen molar-refractivity contribution in [1.29, 1.82) is 0 Å². The van der Waals surface area contributed by atoms with Crippen molar-refractivity contribution in [2.75, 3.05) is 47.4 Å². The van der Waals surface area contributed by atoms with Gasteiger partial charge in [-0.05, 0) is 42.8 Å². The van der Waals surface area contributed by atoms with Gasteiger partial charge in [0.1, 0.15) is 0 Å². The number of anilines is 3. The van der Waals surface area contributed by atoms with Crippen molar-refractivity contribution in [3.63, 3.8) is 0 Å². The maximum Gasteiger partial charge on any atom is 0.261 e. The summed E-state index contributed by atoms with van der Waals surface area (Å²) in [6, 6.07) is 13.8. The molecule has 2 heterocycles. The molecule has 7 nitrogen and oxygen atoms in total. The fraction of sp³-hybridized carbons (Fsp3) is 0.350. The summed E-state index contributed by atoms with van der Waals surface area (Å²) in [4.78, 5) is 15.8. The minimum atomic E-state index is -3.74. The number of carbonyl (C=O) groups excluding carboxylic acids is 1. The van der Waals surface area contributed by atoms with Gasteiger partial charge in [-0.1, -0.05) is 12.1 Å². The van der Waals surface area contributed by atoms with E-state index in [9.17, 15) is 13.2 Å². The maximum atomic E-state index is 12.9. The molecule has 148 valence electrons. The van der Waals surface area contributed by atoms with Crippen molar-refractivity contribution < 1.29 is 17.9 Å². The number of carbonyl (C=O) groups is 1. The number of nitrogens with zero attached hydrogens (tertiary/aromatic N) is 2. The van der Waals surface area contributed by atoms with Crippen LogP contribution in [0.4, 0.5) is 17.1 Å². The summed E-state index contributed by atoms with van der Waals surface area (Å²) in [5.74, 6) is 0.0770. The lowest BCUT2D eigenvalue weighted by molar-refractivity contribution is -0.117. The van der Waals surface area contributed by atoms with E-state index in [2.05, 4.69) is 9.62 Å². The third kappa shape index (κ3) is 3.83. The van der Waals surface area contributed by atoms with Gasteiger partial charge in [0.25, 0.3) is 10.0 Å². The Kier molecular flexibility index (Phi) is 5.23. The van der Waals surface area contributed by atoms with E-state index in [1.54, 1.807) is 35.2 Å². The number of para-hydroxylation sites is 2. The van der Waals surface area contributed by atoms with Crippen molar-refractivity contribution in [3.8, 4) is 0 Å². The molecule has 28 heavy (non-hydrogen) atoms. The zero-order chi connectivity index (χ0) is 19.6. The highest BCUT2D eigenvalue weighted by atomic mass is 32.2. The summed E-state index contributed by atoms with van der Waals surface area (Å²) in [5, 5.41) is 0. The Morgan fingerprint density at radius 3 is 2.32 bits per heavy atom. The first kappa shape index (κ1) is 18.8. The number of sulfonamides is 1. The van der Waals surface area contributed by atoms with Crippen molar-refractivity contribution in [3.05, 3.63) is 48.5 Å². The van der Waals surface area contributed by atoms with Crippen LogP contribution in [-0.4, -0.2) is 47.2 Å². The molecule has 0 atom stereocenters. The second kappa shape index (κ2) is 7.81. The summed E-state index contributed by atoms with van der Waals surface area (Å²) in [6.45, 7) is 3.36. The van der Waals surface area contributed by atoms with E-state index < -0.39 is 10.0 Å². The number of morpholine rings is 1. The average Bonchev–Trinajstić information content (AvgIpc) is 3.15. The van der Waals surface area contributed by atoms with Gasteiger partial charge < -0.3 is 14.5 Å². The zero-order valence-electron chi connectivity index (χ0n) is 15.5. The molecule has 2 saturated heterocycles. The van der Waals surface area contributed by atoms with E-state index in [0.717, 1.165) is 30.9 Å². The zero-order valence-corrected chi connectivity index (χ0v) is 16.3. The maximum absolute atomic E-state index is 12.9. The number of ether oxygens (including phenoxy) is 1. The number of amides is 1. The Morgan fingerprint density at radius 1 is 0.929 bits per heavy atom. The van der Waals surface area contributed by atoms with E-state index in [4.69, 9.17) is 4.74 Å². The van der Waals surface area contributed by atoms with Crippen LogP contribution < -0.4 is 14.5 Å². The Balaban J connectivity index is 1.55. The quantitative estimate of drug-likeness (QED) is 0.833. The molecule has 2 aromatic rings. The van der Waals surface area contributed by atoms with E-state index >= 15 is 0 Å². The van der Waals surface area contributed by atoms with E-state index in [0.29, 0.717) is 31.9 Å². The third-order valence-electron chi connectivity index (χ3n) is 5.03. The van der Waals surface area contributed by atoms with Crippen LogP contribution >= 0.6 is 0 Å². The standard InChI is InChI=1S/C20H23N3O4S/c24-20-6-3-11-23(20)16-7-9-17(10-8-16)28(25,26)21-18-4-1-2-5-19(18)22-12-14-27-15-13-22/h1-2,4-5,7-10,21H,3,6,11-15H2. The molecule has 2 aliphatic heterocycles. The Morgan fingerprint density at radius 2 is 1.64 bits per heavy atom. The fourth-order valence-electron chi connectivity index (χ4n) is 3.57. The van der Waals surface area contributed by atoms with E-state index in [-0.39, 0.29) is 10.8 Å². The van der Waals surface area contributed by atoms with Gasteiger partial charge >= 0.3 is 0 Å². The summed E-state index contributed by atoms with van der Waals surface area (Å²) in [5.41, 5.74) is 2.12. The third-order valence-corrected chi connectivity index (χ3v) is 6.41. The molecular weight excluding hydrogens is 378 g/mol. The molecule has 0 aromatic heterocycles. The smallest absolute Gasteiger partial charge is 0.261 e. The van der Waals surface area contributed by atoms with Crippen LogP contribution in [0.2, 0.25) is 0 Å². The number of nitrogens with one attached hydrogen (secondary N) is 1. The molecule has 1 N–H and O–H groups in total. The van der Waals surface area contributed by atoms with Gasteiger partial charge in [-0.25, -0.2) is 8.42 Å². The summed E-state index contributed by atoms with van der Waals surface area (Å²) < 4.78 is 33.9. The van der Waals surface area contributed by atoms with Crippen LogP contribution in [0.15, 0.2) is 53.4 Å². The van der Waals surface area contributed by atoms with Crippen molar-refractivity contribution in [2.24, 2.45) is 0 Å². The first-order valence-corrected chi connectivity index (χ1v) is 10.9. The van der Waals surface area contributed by atoms with Crippen LogP contribution in [0.25, 0.3) is 0 Å². The highest BCUT2D eigenvalue weighted by Gasteiger charge is 2.23. The summed E-state index contributed by atoms with van der Waals surface area (Å²) >= 11 is 0. The molecule has 8 heteroatoms. The molecule has 0 radical (unpaired) electrons. The van der Waals surface area contributed by atoms with Gasteiger partial charge in [-0.2, -0.15) is 0 Å². The normalized spacial score (nSPS) is 17.8. The second-order valence-electron chi connectivity index (χ2n) is 6.86. The average molecular weight is 401 g/mol. The van der Waals surface area contributed by atoms with Crippen LogP contribution in [0.3, 0.4) is 0 Å². The van der Waals surface area contributed by atoms with Gasteiger partial charge in [0.05, 0.1) is 29.5 Å². The van der Waals surface area contributed by atoms with Crippen molar-refractivity contribution in [1.82, 2.24) is 0 Å². The molecular formula is C20H23N3O4S. The molecule has 4 rings (SSSR count). The van der Waals surface area contributed by atoms with Crippen LogP contribution in [-0.2, 0) is 19.6 Å². The van der Waals surface area contributed by atoms with Gasteiger partial charge in [0.15, 0.2) is 0 Å². The number of rotatable bonds is 5. The molecule has 2 aromatic carbocycles. The van der Waals surface area contributed by atoms with Crippen LogP contribution in [0.1, 0.15) is 12.8 Å². The lowest BCUT2D eigenvalue weighted by Crippen LogP contribution is -2.36. The molecule has 0 unspecified atom stereocenters. The minimum absolute atomic E-state index is 0.0770. The van der Waals surface area contributed by atoms with E-state index in [1.807, 2.05) is 18.2 Å². The van der Waals surface area contributed by atoms with E-state index in [1.165, 1.54) is 0 Å². The van der Waals surface area contributed by atoms with Crippen LogP contribution in [0, 0.1) is 0 Å².